The highest BCUT2D eigenvalue weighted by Crippen LogP contribution is 2.15. The normalized spacial score (nSPS) is 9.62. The molecule has 0 aromatic heterocycles. The molecule has 10 nitrogen and oxygen atoms in total. The second-order valence-corrected chi connectivity index (χ2v) is 9.00. The van der Waals surface area contributed by atoms with Gasteiger partial charge in [0.25, 0.3) is 5.91 Å². The molecular weight excluding hydrogens is 536 g/mol. The maximum Gasteiger partial charge on any atom is 0.251 e. The van der Waals surface area contributed by atoms with Gasteiger partial charge < -0.3 is 20.3 Å². The lowest BCUT2D eigenvalue weighted by atomic mass is 10.1. The first-order valence-electron chi connectivity index (χ1n) is 13.1. The number of carbonyl (C=O) groups excluding carboxylic acids is 6. The number of rotatable bonds is 11. The molecule has 2 N–H and O–H groups in total. The van der Waals surface area contributed by atoms with E-state index in [-0.39, 0.29) is 17.7 Å². The Morgan fingerprint density at radius 2 is 1.24 bits per heavy atom. The summed E-state index contributed by atoms with van der Waals surface area (Å²) in [6, 6.07) is 21.4. The van der Waals surface area contributed by atoms with Gasteiger partial charge in [-0.15, -0.1) is 0 Å². The number of nitrogens with zero attached hydrogens (tertiary/aromatic N) is 2. The van der Waals surface area contributed by atoms with Crippen molar-refractivity contribution >= 4 is 48.6 Å². The van der Waals surface area contributed by atoms with E-state index in [0.29, 0.717) is 36.2 Å². The van der Waals surface area contributed by atoms with Gasteiger partial charge in [0.15, 0.2) is 0 Å². The van der Waals surface area contributed by atoms with Crippen LogP contribution < -0.4 is 20.4 Å². The number of likely N-dealkylation sites (N-methyl/N-ethyl adjacent to an activating group) is 1. The first-order chi connectivity index (χ1) is 20.2. The maximum atomic E-state index is 12.0. The van der Waals surface area contributed by atoms with Crippen molar-refractivity contribution in [2.75, 3.05) is 37.0 Å². The molecule has 0 saturated heterocycles. The van der Waals surface area contributed by atoms with Crippen LogP contribution in [0.5, 0.6) is 0 Å². The summed E-state index contributed by atoms with van der Waals surface area (Å²) < 4.78 is 0. The average molecular weight is 575 g/mol. The van der Waals surface area contributed by atoms with Crippen molar-refractivity contribution < 1.29 is 28.8 Å². The molecule has 0 aliphatic rings. The molecule has 3 aromatic rings. The number of hydrogen-bond donors (Lipinski definition) is 2. The maximum absolute atomic E-state index is 12.0. The van der Waals surface area contributed by atoms with Crippen molar-refractivity contribution in [3.8, 4) is 0 Å². The van der Waals surface area contributed by atoms with E-state index in [0.717, 1.165) is 35.4 Å². The molecule has 0 saturated carbocycles. The standard InChI is InChI=1S/C19H18N2O4.C12H18N2O.CH2O/c1-14(24)21(13-23)18-8-4-15(5-9-18)10-11-20-19(25)17-6-2-16(12-22)3-7-17;1-10(15)14(3)12-6-4-11(5-7-12)8-9-13-2;1-2/h2-9,12-13H,10-11H2,1H3,(H,20,25);4-7,13H,8-9H2,1-3H3;1H2. The van der Waals surface area contributed by atoms with E-state index in [9.17, 15) is 24.0 Å². The highest BCUT2D eigenvalue weighted by Gasteiger charge is 2.10. The molecular formula is C32H38N4O6. The van der Waals surface area contributed by atoms with Gasteiger partial charge in [0, 0.05) is 44.3 Å². The Balaban J connectivity index is 0.000000443. The second-order valence-electron chi connectivity index (χ2n) is 9.00. The zero-order valence-electron chi connectivity index (χ0n) is 24.5. The number of hydrogen-bond acceptors (Lipinski definition) is 7. The largest absolute Gasteiger partial charge is 0.352 e. The van der Waals surface area contributed by atoms with Crippen molar-refractivity contribution in [1.29, 1.82) is 0 Å². The number of benzene rings is 3. The molecule has 10 heteroatoms. The molecule has 0 radical (unpaired) electrons. The second kappa shape index (κ2) is 19.2. The minimum absolute atomic E-state index is 0.0537. The summed E-state index contributed by atoms with van der Waals surface area (Å²) in [5.41, 5.74) is 4.71. The Hall–Kier alpha value is -4.96. The Morgan fingerprint density at radius 1 is 0.738 bits per heavy atom. The van der Waals surface area contributed by atoms with Gasteiger partial charge in [0.2, 0.25) is 18.2 Å². The molecule has 0 aliphatic heterocycles. The molecule has 0 spiro atoms. The third-order valence-corrected chi connectivity index (χ3v) is 6.13. The van der Waals surface area contributed by atoms with Crippen LogP contribution in [-0.2, 0) is 32.0 Å². The number of aldehydes is 1. The van der Waals surface area contributed by atoms with Crippen LogP contribution in [0.15, 0.2) is 72.8 Å². The van der Waals surface area contributed by atoms with E-state index in [4.69, 9.17) is 4.79 Å². The SMILES string of the molecule is C=O.CC(=O)N(C=O)c1ccc(CCNC(=O)c2ccc(C=O)cc2)cc1.CNCCc1ccc(N(C)C(C)=O)cc1. The van der Waals surface area contributed by atoms with Crippen molar-refractivity contribution in [3.05, 3.63) is 95.1 Å². The number of nitrogens with one attached hydrogen (secondary N) is 2. The molecule has 0 atom stereocenters. The average Bonchev–Trinajstić information content (AvgIpc) is 3.02. The summed E-state index contributed by atoms with van der Waals surface area (Å²) in [5, 5.41) is 5.91. The fourth-order valence-electron chi connectivity index (χ4n) is 3.61. The monoisotopic (exact) mass is 574 g/mol. The smallest absolute Gasteiger partial charge is 0.251 e. The van der Waals surface area contributed by atoms with Gasteiger partial charge in [-0.05, 0) is 74.0 Å². The molecule has 222 valence electrons. The van der Waals surface area contributed by atoms with Crippen LogP contribution >= 0.6 is 0 Å². The Labute approximate surface area is 246 Å². The van der Waals surface area contributed by atoms with Gasteiger partial charge in [-0.3, -0.25) is 28.9 Å². The summed E-state index contributed by atoms with van der Waals surface area (Å²) in [4.78, 5) is 66.6. The Bertz CT molecular complexity index is 1290. The van der Waals surface area contributed by atoms with Crippen LogP contribution in [0.25, 0.3) is 0 Å². The van der Waals surface area contributed by atoms with E-state index in [1.54, 1.807) is 67.4 Å². The van der Waals surface area contributed by atoms with Gasteiger partial charge >= 0.3 is 0 Å². The predicted molar refractivity (Wildman–Crippen MR) is 164 cm³/mol. The molecule has 0 bridgehead atoms. The summed E-state index contributed by atoms with van der Waals surface area (Å²) in [6.07, 6.45) is 2.83. The molecule has 0 heterocycles. The number of imide groups is 1. The summed E-state index contributed by atoms with van der Waals surface area (Å²) >= 11 is 0. The zero-order chi connectivity index (χ0) is 31.5. The van der Waals surface area contributed by atoms with Crippen LogP contribution in [0, 0.1) is 0 Å². The van der Waals surface area contributed by atoms with Crippen molar-refractivity contribution in [3.63, 3.8) is 0 Å². The highest BCUT2D eigenvalue weighted by atomic mass is 16.2. The fraction of sp³-hybridized carbons (Fsp3) is 0.250. The van der Waals surface area contributed by atoms with E-state index in [1.165, 1.54) is 12.5 Å². The lowest BCUT2D eigenvalue weighted by Crippen LogP contribution is -2.26. The molecule has 0 aliphatic carbocycles. The van der Waals surface area contributed by atoms with Crippen molar-refractivity contribution in [2.45, 2.75) is 26.7 Å². The van der Waals surface area contributed by atoms with Crippen molar-refractivity contribution in [2.24, 2.45) is 0 Å². The van der Waals surface area contributed by atoms with Crippen LogP contribution in [0.1, 0.15) is 45.7 Å². The van der Waals surface area contributed by atoms with Crippen LogP contribution in [-0.4, -0.2) is 64.4 Å². The lowest BCUT2D eigenvalue weighted by Gasteiger charge is -2.15. The zero-order valence-corrected chi connectivity index (χ0v) is 24.5. The number of carbonyl (C=O) groups is 6. The third-order valence-electron chi connectivity index (χ3n) is 6.13. The first kappa shape index (κ1) is 35.1. The van der Waals surface area contributed by atoms with Gasteiger partial charge in [0.05, 0.1) is 5.69 Å². The third kappa shape index (κ3) is 11.6. The minimum atomic E-state index is -0.351. The van der Waals surface area contributed by atoms with Crippen molar-refractivity contribution in [1.82, 2.24) is 10.6 Å². The Kier molecular flexibility index (Phi) is 16.0. The first-order valence-corrected chi connectivity index (χ1v) is 13.1. The van der Waals surface area contributed by atoms with Gasteiger partial charge in [-0.2, -0.15) is 0 Å². The molecule has 3 rings (SSSR count). The van der Waals surface area contributed by atoms with E-state index >= 15 is 0 Å². The molecule has 42 heavy (non-hydrogen) atoms. The molecule has 0 unspecified atom stereocenters. The van der Waals surface area contributed by atoms with Gasteiger partial charge in [0.1, 0.15) is 13.1 Å². The molecule has 0 fully saturated rings. The predicted octanol–water partition coefficient (Wildman–Crippen LogP) is 3.23. The molecule has 4 amide bonds. The fourth-order valence-corrected chi connectivity index (χ4v) is 3.61. The number of amides is 4. The quantitative estimate of drug-likeness (QED) is 0.336. The topological polar surface area (TPSA) is 133 Å². The van der Waals surface area contributed by atoms with Gasteiger partial charge in [-0.25, -0.2) is 0 Å². The summed E-state index contributed by atoms with van der Waals surface area (Å²) in [6.45, 7) is 6.30. The molecule has 3 aromatic carbocycles. The summed E-state index contributed by atoms with van der Waals surface area (Å²) in [7, 11) is 3.73. The van der Waals surface area contributed by atoms with E-state index < -0.39 is 0 Å². The highest BCUT2D eigenvalue weighted by molar-refractivity contribution is 6.05. The number of anilines is 2. The van der Waals surface area contributed by atoms with E-state index in [2.05, 4.69) is 22.8 Å². The van der Waals surface area contributed by atoms with E-state index in [1.807, 2.05) is 26.0 Å². The Morgan fingerprint density at radius 3 is 1.67 bits per heavy atom. The van der Waals surface area contributed by atoms with Crippen LogP contribution in [0.4, 0.5) is 11.4 Å². The van der Waals surface area contributed by atoms with Crippen LogP contribution in [0.2, 0.25) is 0 Å². The van der Waals surface area contributed by atoms with Gasteiger partial charge in [-0.1, -0.05) is 36.4 Å². The summed E-state index contributed by atoms with van der Waals surface area (Å²) in [5.74, 6) is -0.508. The minimum Gasteiger partial charge on any atom is -0.352 e. The lowest BCUT2D eigenvalue weighted by molar-refractivity contribution is -0.120. The van der Waals surface area contributed by atoms with Crippen LogP contribution in [0.3, 0.4) is 0 Å².